The van der Waals surface area contributed by atoms with Gasteiger partial charge in [0.1, 0.15) is 0 Å². The fourth-order valence-corrected chi connectivity index (χ4v) is 3.06. The normalized spacial score (nSPS) is 12.7. The average Bonchev–Trinajstić information content (AvgIpc) is 3.06. The summed E-state index contributed by atoms with van der Waals surface area (Å²) in [4.78, 5) is 11.6. The molecule has 4 N–H and O–H groups in total. The Morgan fingerprint density at radius 3 is 2.23 bits per heavy atom. The van der Waals surface area contributed by atoms with Crippen LogP contribution in [0.2, 0.25) is 0 Å². The Bertz CT molecular complexity index is 1040. The van der Waals surface area contributed by atoms with Gasteiger partial charge < -0.3 is 5.73 Å². The monoisotopic (exact) mass is 370 g/mol. The maximum Gasteiger partial charge on any atom is 0.238 e. The van der Waals surface area contributed by atoms with Gasteiger partial charge in [0.15, 0.2) is 0 Å². The Morgan fingerprint density at radius 1 is 1.08 bits per heavy atom. The fraction of sp³-hybridized carbons (Fsp3) is 0.111. The van der Waals surface area contributed by atoms with E-state index in [0.29, 0.717) is 11.4 Å². The second-order valence-electron chi connectivity index (χ2n) is 5.90. The van der Waals surface area contributed by atoms with E-state index in [1.165, 1.54) is 12.1 Å². The van der Waals surface area contributed by atoms with E-state index in [1.54, 1.807) is 29.8 Å². The Morgan fingerprint density at radius 2 is 1.69 bits per heavy atom. The molecule has 0 spiro atoms. The van der Waals surface area contributed by atoms with Crippen molar-refractivity contribution in [1.29, 1.82) is 0 Å². The molecule has 0 aliphatic carbocycles. The smallest absolute Gasteiger partial charge is 0.238 e. The standard InChI is InChI=1S/C18H18N4O3S/c1-12(18(19)23)16-11-17(13-5-3-2-4-6-13)22(21-16)14-7-9-15(10-8-14)26(20,24)25/h2-12H,1H3,(H2,19,23)(H2,20,24,25). The third-order valence-electron chi connectivity index (χ3n) is 4.08. The number of hydrogen-bond donors (Lipinski definition) is 2. The van der Waals surface area contributed by atoms with Crippen LogP contribution in [-0.4, -0.2) is 24.1 Å². The van der Waals surface area contributed by atoms with Gasteiger partial charge in [0, 0.05) is 5.56 Å². The Kier molecular flexibility index (Phi) is 4.62. The molecule has 1 unspecified atom stereocenters. The number of nitrogens with two attached hydrogens (primary N) is 2. The molecule has 7 nitrogen and oxygen atoms in total. The maximum atomic E-state index is 11.5. The number of benzene rings is 2. The molecule has 3 aromatic rings. The molecule has 134 valence electrons. The Hall–Kier alpha value is -2.97. The minimum atomic E-state index is -3.77. The van der Waals surface area contributed by atoms with Crippen LogP contribution < -0.4 is 10.9 Å². The first-order valence-corrected chi connectivity index (χ1v) is 9.40. The molecule has 2 aromatic carbocycles. The molecule has 1 amide bonds. The lowest BCUT2D eigenvalue weighted by atomic mass is 10.1. The van der Waals surface area contributed by atoms with Crippen LogP contribution in [0.1, 0.15) is 18.5 Å². The molecule has 1 atom stereocenters. The van der Waals surface area contributed by atoms with Crippen LogP contribution in [-0.2, 0) is 14.8 Å². The van der Waals surface area contributed by atoms with Gasteiger partial charge in [-0.05, 0) is 37.3 Å². The number of carbonyl (C=O) groups excluding carboxylic acids is 1. The van der Waals surface area contributed by atoms with Crippen molar-refractivity contribution in [2.24, 2.45) is 10.9 Å². The first-order chi connectivity index (χ1) is 12.3. The highest BCUT2D eigenvalue weighted by Gasteiger charge is 2.19. The predicted octanol–water partition coefficient (Wildman–Crippen LogP) is 1.78. The molecule has 26 heavy (non-hydrogen) atoms. The van der Waals surface area contributed by atoms with E-state index >= 15 is 0 Å². The molecule has 0 saturated heterocycles. The van der Waals surface area contributed by atoms with Gasteiger partial charge in [-0.1, -0.05) is 30.3 Å². The molecular weight excluding hydrogens is 352 g/mol. The quantitative estimate of drug-likeness (QED) is 0.711. The molecule has 0 aliphatic heterocycles. The summed E-state index contributed by atoms with van der Waals surface area (Å²) in [6.45, 7) is 1.69. The van der Waals surface area contributed by atoms with Gasteiger partial charge in [-0.2, -0.15) is 5.10 Å². The van der Waals surface area contributed by atoms with Crippen molar-refractivity contribution in [3.8, 4) is 16.9 Å². The molecule has 8 heteroatoms. The topological polar surface area (TPSA) is 121 Å². The first-order valence-electron chi connectivity index (χ1n) is 7.85. The highest BCUT2D eigenvalue weighted by molar-refractivity contribution is 7.89. The summed E-state index contributed by atoms with van der Waals surface area (Å²) in [5.74, 6) is -1.03. The number of amides is 1. The molecule has 0 radical (unpaired) electrons. The summed E-state index contributed by atoms with van der Waals surface area (Å²) in [6.07, 6.45) is 0. The van der Waals surface area contributed by atoms with E-state index < -0.39 is 21.8 Å². The average molecular weight is 370 g/mol. The highest BCUT2D eigenvalue weighted by Crippen LogP contribution is 2.27. The van der Waals surface area contributed by atoms with Crippen LogP contribution in [0.5, 0.6) is 0 Å². The highest BCUT2D eigenvalue weighted by atomic mass is 32.2. The second kappa shape index (κ2) is 6.74. The summed E-state index contributed by atoms with van der Waals surface area (Å²) >= 11 is 0. The van der Waals surface area contributed by atoms with Crippen molar-refractivity contribution in [2.75, 3.05) is 0 Å². The van der Waals surface area contributed by atoms with Gasteiger partial charge in [-0.15, -0.1) is 0 Å². The Labute approximate surface area is 151 Å². The van der Waals surface area contributed by atoms with Gasteiger partial charge in [-0.3, -0.25) is 4.79 Å². The van der Waals surface area contributed by atoms with Crippen molar-refractivity contribution < 1.29 is 13.2 Å². The van der Waals surface area contributed by atoms with E-state index in [-0.39, 0.29) is 4.90 Å². The van der Waals surface area contributed by atoms with Crippen LogP contribution in [0.4, 0.5) is 0 Å². The summed E-state index contributed by atoms with van der Waals surface area (Å²) in [5, 5.41) is 9.65. The second-order valence-corrected chi connectivity index (χ2v) is 7.46. The van der Waals surface area contributed by atoms with Crippen LogP contribution >= 0.6 is 0 Å². The van der Waals surface area contributed by atoms with Crippen LogP contribution in [0, 0.1) is 0 Å². The van der Waals surface area contributed by atoms with Gasteiger partial charge in [0.05, 0.1) is 27.9 Å². The number of rotatable bonds is 5. The number of nitrogens with zero attached hydrogens (tertiary/aromatic N) is 2. The van der Waals surface area contributed by atoms with E-state index in [9.17, 15) is 13.2 Å². The lowest BCUT2D eigenvalue weighted by molar-refractivity contribution is -0.119. The van der Waals surface area contributed by atoms with Crippen LogP contribution in [0.15, 0.2) is 65.6 Å². The van der Waals surface area contributed by atoms with E-state index in [1.807, 2.05) is 30.3 Å². The summed E-state index contributed by atoms with van der Waals surface area (Å²) in [5.41, 5.74) is 8.24. The number of aromatic nitrogens is 2. The molecule has 0 aliphatic rings. The number of primary amides is 1. The van der Waals surface area contributed by atoms with Crippen molar-refractivity contribution in [2.45, 2.75) is 17.7 Å². The van der Waals surface area contributed by atoms with Crippen molar-refractivity contribution in [1.82, 2.24) is 9.78 Å². The third kappa shape index (κ3) is 3.51. The number of sulfonamides is 1. The zero-order valence-electron chi connectivity index (χ0n) is 14.0. The van der Waals surface area contributed by atoms with Crippen LogP contribution in [0.3, 0.4) is 0 Å². The lowest BCUT2D eigenvalue weighted by Gasteiger charge is -2.08. The molecule has 3 rings (SSSR count). The van der Waals surface area contributed by atoms with Crippen molar-refractivity contribution in [3.63, 3.8) is 0 Å². The zero-order chi connectivity index (χ0) is 18.9. The molecule has 0 bridgehead atoms. The zero-order valence-corrected chi connectivity index (χ0v) is 14.8. The summed E-state index contributed by atoms with van der Waals surface area (Å²) < 4.78 is 24.5. The molecular formula is C18H18N4O3S. The third-order valence-corrected chi connectivity index (χ3v) is 5.01. The van der Waals surface area contributed by atoms with Gasteiger partial charge in [0.25, 0.3) is 0 Å². The Balaban J connectivity index is 2.14. The van der Waals surface area contributed by atoms with Gasteiger partial charge in [-0.25, -0.2) is 18.2 Å². The lowest BCUT2D eigenvalue weighted by Crippen LogP contribution is -2.19. The number of primary sulfonamides is 1. The van der Waals surface area contributed by atoms with Crippen molar-refractivity contribution >= 4 is 15.9 Å². The minimum Gasteiger partial charge on any atom is -0.369 e. The molecule has 1 aromatic heterocycles. The van der Waals surface area contributed by atoms with E-state index in [4.69, 9.17) is 10.9 Å². The molecule has 0 fully saturated rings. The first kappa shape index (κ1) is 17.8. The molecule has 0 saturated carbocycles. The summed E-state index contributed by atoms with van der Waals surface area (Å²) in [6, 6.07) is 17.4. The van der Waals surface area contributed by atoms with Crippen LogP contribution in [0.25, 0.3) is 16.9 Å². The summed E-state index contributed by atoms with van der Waals surface area (Å²) in [7, 11) is -3.77. The van der Waals surface area contributed by atoms with E-state index in [0.717, 1.165) is 11.3 Å². The number of hydrogen-bond acceptors (Lipinski definition) is 4. The maximum absolute atomic E-state index is 11.5. The molecule has 1 heterocycles. The van der Waals surface area contributed by atoms with Gasteiger partial charge in [0.2, 0.25) is 15.9 Å². The fourth-order valence-electron chi connectivity index (χ4n) is 2.55. The number of carbonyl (C=O) groups is 1. The SMILES string of the molecule is CC(C(N)=O)c1cc(-c2ccccc2)n(-c2ccc(S(N)(=O)=O)cc2)n1. The van der Waals surface area contributed by atoms with Gasteiger partial charge >= 0.3 is 0 Å². The van der Waals surface area contributed by atoms with Crippen molar-refractivity contribution in [3.05, 3.63) is 66.4 Å². The minimum absolute atomic E-state index is 0.0143. The predicted molar refractivity (Wildman–Crippen MR) is 98.0 cm³/mol. The van der Waals surface area contributed by atoms with E-state index in [2.05, 4.69) is 5.10 Å². The largest absolute Gasteiger partial charge is 0.369 e.